The van der Waals surface area contributed by atoms with Gasteiger partial charge in [0.15, 0.2) is 0 Å². The molecular formula is C12H17ClF4N2O2S. The zero-order valence-electron chi connectivity index (χ0n) is 11.7. The standard InChI is InChI=1S/C12H16F4N2O2S.ClH/c1-2-5-17-6-7-18-21(19,20)9-3-4-11(13)10(8-9)12(14,15)16;/h3-4,8,17-18H,2,5-7H2,1H3;1H. The van der Waals surface area contributed by atoms with Crippen LogP contribution < -0.4 is 10.0 Å². The number of rotatable bonds is 7. The topological polar surface area (TPSA) is 58.2 Å². The molecule has 0 aliphatic heterocycles. The molecule has 0 saturated carbocycles. The fraction of sp³-hybridized carbons (Fsp3) is 0.500. The summed E-state index contributed by atoms with van der Waals surface area (Å²) in [7, 11) is -4.10. The highest BCUT2D eigenvalue weighted by molar-refractivity contribution is 7.89. The summed E-state index contributed by atoms with van der Waals surface area (Å²) in [6.07, 6.45) is -4.07. The van der Waals surface area contributed by atoms with Crippen molar-refractivity contribution in [3.63, 3.8) is 0 Å². The van der Waals surface area contributed by atoms with E-state index < -0.39 is 32.5 Å². The number of halogens is 5. The molecule has 0 atom stereocenters. The quantitative estimate of drug-likeness (QED) is 0.577. The van der Waals surface area contributed by atoms with Crippen molar-refractivity contribution >= 4 is 22.4 Å². The molecule has 0 bridgehead atoms. The average molecular weight is 365 g/mol. The van der Waals surface area contributed by atoms with Crippen LogP contribution in [0.3, 0.4) is 0 Å². The molecule has 0 spiro atoms. The third kappa shape index (κ3) is 6.07. The molecule has 1 aromatic carbocycles. The molecule has 0 fully saturated rings. The number of nitrogens with one attached hydrogen (secondary N) is 2. The minimum Gasteiger partial charge on any atom is -0.315 e. The van der Waals surface area contributed by atoms with Crippen molar-refractivity contribution in [2.24, 2.45) is 0 Å². The zero-order chi connectivity index (χ0) is 16.1. The first-order valence-corrected chi connectivity index (χ1v) is 7.74. The Kier molecular flexibility index (Phi) is 8.30. The maximum Gasteiger partial charge on any atom is 0.419 e. The summed E-state index contributed by atoms with van der Waals surface area (Å²) in [5, 5.41) is 2.94. The van der Waals surface area contributed by atoms with Crippen LogP contribution in [0.15, 0.2) is 23.1 Å². The van der Waals surface area contributed by atoms with E-state index in [1.807, 2.05) is 6.92 Å². The number of sulfonamides is 1. The second-order valence-corrected chi connectivity index (χ2v) is 6.05. The minimum atomic E-state index is -4.95. The summed E-state index contributed by atoms with van der Waals surface area (Å²) >= 11 is 0. The van der Waals surface area contributed by atoms with Crippen LogP contribution in [0.25, 0.3) is 0 Å². The van der Waals surface area contributed by atoms with Crippen molar-refractivity contribution in [2.45, 2.75) is 24.4 Å². The predicted molar refractivity (Wildman–Crippen MR) is 77.0 cm³/mol. The molecule has 1 rings (SSSR count). The van der Waals surface area contributed by atoms with Crippen molar-refractivity contribution in [3.8, 4) is 0 Å². The van der Waals surface area contributed by atoms with E-state index in [1.54, 1.807) is 0 Å². The molecule has 0 aliphatic rings. The first kappa shape index (κ1) is 21.1. The summed E-state index contributed by atoms with van der Waals surface area (Å²) in [6, 6.07) is 1.58. The third-order valence-corrected chi connectivity index (χ3v) is 4.03. The molecule has 4 nitrogen and oxygen atoms in total. The van der Waals surface area contributed by atoms with Crippen LogP contribution in [0, 0.1) is 5.82 Å². The molecule has 0 heterocycles. The maximum absolute atomic E-state index is 13.1. The summed E-state index contributed by atoms with van der Waals surface area (Å²) in [6.45, 7) is 3.02. The highest BCUT2D eigenvalue weighted by atomic mass is 35.5. The lowest BCUT2D eigenvalue weighted by molar-refractivity contribution is -0.140. The second-order valence-electron chi connectivity index (χ2n) is 4.29. The van der Waals surface area contributed by atoms with Crippen LogP contribution in [-0.4, -0.2) is 28.1 Å². The molecule has 1 aromatic rings. The Balaban J connectivity index is 0.00000441. The Bertz CT molecular complexity index is 579. The maximum atomic E-state index is 13.1. The third-order valence-electron chi connectivity index (χ3n) is 2.57. The number of alkyl halides is 3. The van der Waals surface area contributed by atoms with E-state index in [4.69, 9.17) is 0 Å². The number of benzene rings is 1. The Morgan fingerprint density at radius 1 is 1.14 bits per heavy atom. The SMILES string of the molecule is CCCNCCNS(=O)(=O)c1ccc(F)c(C(F)(F)F)c1.Cl. The van der Waals surface area contributed by atoms with E-state index in [-0.39, 0.29) is 25.0 Å². The molecular weight excluding hydrogens is 348 g/mol. The van der Waals surface area contributed by atoms with Gasteiger partial charge in [-0.05, 0) is 31.2 Å². The van der Waals surface area contributed by atoms with Crippen LogP contribution in [0.2, 0.25) is 0 Å². The molecule has 0 aliphatic carbocycles. The van der Waals surface area contributed by atoms with Crippen molar-refractivity contribution < 1.29 is 26.0 Å². The van der Waals surface area contributed by atoms with E-state index in [0.717, 1.165) is 12.5 Å². The molecule has 0 radical (unpaired) electrons. The second kappa shape index (κ2) is 8.66. The van der Waals surface area contributed by atoms with Crippen molar-refractivity contribution in [2.75, 3.05) is 19.6 Å². The van der Waals surface area contributed by atoms with Gasteiger partial charge in [0.2, 0.25) is 10.0 Å². The Hall–Kier alpha value is -0.900. The Morgan fingerprint density at radius 3 is 2.32 bits per heavy atom. The summed E-state index contributed by atoms with van der Waals surface area (Å²) in [5.41, 5.74) is -1.60. The van der Waals surface area contributed by atoms with Gasteiger partial charge in [-0.25, -0.2) is 17.5 Å². The van der Waals surface area contributed by atoms with Crippen molar-refractivity contribution in [3.05, 3.63) is 29.6 Å². The zero-order valence-corrected chi connectivity index (χ0v) is 13.3. The summed E-state index contributed by atoms with van der Waals surface area (Å²) < 4.78 is 76.5. The van der Waals surface area contributed by atoms with Crippen LogP contribution >= 0.6 is 12.4 Å². The molecule has 10 heteroatoms. The monoisotopic (exact) mass is 364 g/mol. The van der Waals surface area contributed by atoms with Crippen LogP contribution in [0.4, 0.5) is 17.6 Å². The van der Waals surface area contributed by atoms with Gasteiger partial charge in [0.25, 0.3) is 0 Å². The van der Waals surface area contributed by atoms with E-state index in [2.05, 4.69) is 10.0 Å². The summed E-state index contributed by atoms with van der Waals surface area (Å²) in [5.74, 6) is -1.51. The molecule has 0 unspecified atom stereocenters. The van der Waals surface area contributed by atoms with Gasteiger partial charge in [0, 0.05) is 13.1 Å². The smallest absolute Gasteiger partial charge is 0.315 e. The lowest BCUT2D eigenvalue weighted by atomic mass is 10.2. The highest BCUT2D eigenvalue weighted by Gasteiger charge is 2.35. The van der Waals surface area contributed by atoms with Crippen LogP contribution in [-0.2, 0) is 16.2 Å². The van der Waals surface area contributed by atoms with Crippen LogP contribution in [0.5, 0.6) is 0 Å². The molecule has 22 heavy (non-hydrogen) atoms. The van der Waals surface area contributed by atoms with Gasteiger partial charge in [-0.15, -0.1) is 12.4 Å². The largest absolute Gasteiger partial charge is 0.419 e. The first-order chi connectivity index (χ1) is 9.68. The van der Waals surface area contributed by atoms with Gasteiger partial charge >= 0.3 is 6.18 Å². The van der Waals surface area contributed by atoms with Crippen molar-refractivity contribution in [1.82, 2.24) is 10.0 Å². The van der Waals surface area contributed by atoms with Gasteiger partial charge in [0.1, 0.15) is 5.82 Å². The molecule has 2 N–H and O–H groups in total. The lowest BCUT2D eigenvalue weighted by Crippen LogP contribution is -2.32. The van der Waals surface area contributed by atoms with E-state index in [0.29, 0.717) is 19.2 Å². The Labute approximate surface area is 132 Å². The highest BCUT2D eigenvalue weighted by Crippen LogP contribution is 2.32. The number of hydrogen-bond donors (Lipinski definition) is 2. The number of hydrogen-bond acceptors (Lipinski definition) is 3. The van der Waals surface area contributed by atoms with Crippen molar-refractivity contribution in [1.29, 1.82) is 0 Å². The van der Waals surface area contributed by atoms with Gasteiger partial charge in [-0.1, -0.05) is 6.92 Å². The average Bonchev–Trinajstić information content (AvgIpc) is 2.37. The predicted octanol–water partition coefficient (Wildman–Crippen LogP) is 2.54. The lowest BCUT2D eigenvalue weighted by Gasteiger charge is -2.11. The normalized spacial score (nSPS) is 12.0. The van der Waals surface area contributed by atoms with E-state index in [9.17, 15) is 26.0 Å². The fourth-order valence-electron chi connectivity index (χ4n) is 1.55. The Morgan fingerprint density at radius 2 is 1.77 bits per heavy atom. The summed E-state index contributed by atoms with van der Waals surface area (Å²) in [4.78, 5) is -0.619. The fourth-order valence-corrected chi connectivity index (χ4v) is 2.61. The van der Waals surface area contributed by atoms with Gasteiger partial charge < -0.3 is 5.32 Å². The molecule has 0 amide bonds. The first-order valence-electron chi connectivity index (χ1n) is 6.25. The van der Waals surface area contributed by atoms with Gasteiger partial charge in [-0.2, -0.15) is 13.2 Å². The minimum absolute atomic E-state index is 0. The van der Waals surface area contributed by atoms with Gasteiger partial charge in [0.05, 0.1) is 10.5 Å². The molecule has 0 saturated heterocycles. The van der Waals surface area contributed by atoms with Gasteiger partial charge in [-0.3, -0.25) is 0 Å². The van der Waals surface area contributed by atoms with Crippen LogP contribution in [0.1, 0.15) is 18.9 Å². The van der Waals surface area contributed by atoms with E-state index in [1.165, 1.54) is 0 Å². The van der Waals surface area contributed by atoms with E-state index >= 15 is 0 Å². The molecule has 0 aromatic heterocycles. The molecule has 128 valence electrons.